The maximum absolute atomic E-state index is 13.1. The van der Waals surface area contributed by atoms with Crippen LogP contribution in [0.1, 0.15) is 64.0 Å². The third-order valence-corrected chi connectivity index (χ3v) is 4.91. The van der Waals surface area contributed by atoms with Crippen molar-refractivity contribution in [3.05, 3.63) is 64.0 Å². The van der Waals surface area contributed by atoms with Gasteiger partial charge in [0.05, 0.1) is 5.56 Å². The molecular formula is C20H19NO2. The van der Waals surface area contributed by atoms with Crippen molar-refractivity contribution in [3.8, 4) is 0 Å². The van der Waals surface area contributed by atoms with Crippen LogP contribution >= 0.6 is 0 Å². The van der Waals surface area contributed by atoms with Crippen LogP contribution in [0.15, 0.2) is 30.3 Å². The van der Waals surface area contributed by atoms with Gasteiger partial charge in [-0.05, 0) is 30.4 Å². The minimum atomic E-state index is -0.0299. The standard InChI is InChI=1S/C20H19NO2/c1-4-21-15-9-10-20(2,3)11-14(15)16-17(21)19(23)13-8-6-5-7-12(13)18(16)22/h5-10H,4,11H2,1-3H3. The van der Waals surface area contributed by atoms with E-state index in [-0.39, 0.29) is 17.0 Å². The Morgan fingerprint density at radius 3 is 2.39 bits per heavy atom. The van der Waals surface area contributed by atoms with Gasteiger partial charge in [0.2, 0.25) is 5.78 Å². The summed E-state index contributed by atoms with van der Waals surface area (Å²) in [6, 6.07) is 7.15. The summed E-state index contributed by atoms with van der Waals surface area (Å²) in [5.41, 5.74) is 4.31. The molecule has 2 aromatic rings. The number of hydrogen-bond acceptors (Lipinski definition) is 2. The number of rotatable bonds is 1. The summed E-state index contributed by atoms with van der Waals surface area (Å²) in [4.78, 5) is 26.1. The summed E-state index contributed by atoms with van der Waals surface area (Å²) in [7, 11) is 0. The third kappa shape index (κ3) is 1.83. The topological polar surface area (TPSA) is 39.1 Å². The first-order valence-corrected chi connectivity index (χ1v) is 8.07. The lowest BCUT2D eigenvalue weighted by Gasteiger charge is -2.25. The number of allylic oxidation sites excluding steroid dienone is 1. The van der Waals surface area contributed by atoms with Crippen molar-refractivity contribution in [2.75, 3.05) is 0 Å². The molecule has 0 amide bonds. The van der Waals surface area contributed by atoms with Crippen LogP contribution in [-0.2, 0) is 13.0 Å². The van der Waals surface area contributed by atoms with Crippen LogP contribution in [0.5, 0.6) is 0 Å². The Labute approximate surface area is 135 Å². The molecular weight excluding hydrogens is 286 g/mol. The quantitative estimate of drug-likeness (QED) is 0.684. The van der Waals surface area contributed by atoms with Crippen LogP contribution < -0.4 is 0 Å². The zero-order valence-corrected chi connectivity index (χ0v) is 13.6. The zero-order valence-electron chi connectivity index (χ0n) is 13.6. The van der Waals surface area contributed by atoms with Crippen LogP contribution in [0.2, 0.25) is 0 Å². The minimum absolute atomic E-state index is 0.000980. The average molecular weight is 305 g/mol. The van der Waals surface area contributed by atoms with Crippen molar-refractivity contribution in [2.24, 2.45) is 5.41 Å². The highest BCUT2D eigenvalue weighted by Crippen LogP contribution is 2.40. The number of fused-ring (bicyclic) bond motifs is 4. The summed E-state index contributed by atoms with van der Waals surface area (Å²) >= 11 is 0. The van der Waals surface area contributed by atoms with Gasteiger partial charge in [-0.2, -0.15) is 0 Å². The van der Waals surface area contributed by atoms with E-state index < -0.39 is 0 Å². The van der Waals surface area contributed by atoms with Gasteiger partial charge in [0.25, 0.3) is 0 Å². The molecule has 1 heterocycles. The molecule has 23 heavy (non-hydrogen) atoms. The number of carbonyl (C=O) groups excluding carboxylic acids is 2. The summed E-state index contributed by atoms with van der Waals surface area (Å²) in [6.07, 6.45) is 5.04. The summed E-state index contributed by atoms with van der Waals surface area (Å²) in [6.45, 7) is 7.02. The molecule has 1 aromatic heterocycles. The second kappa shape index (κ2) is 4.54. The van der Waals surface area contributed by atoms with Gasteiger partial charge < -0.3 is 4.57 Å². The molecule has 0 saturated heterocycles. The fraction of sp³-hybridized carbons (Fsp3) is 0.300. The Morgan fingerprint density at radius 2 is 1.74 bits per heavy atom. The Hall–Kier alpha value is -2.42. The molecule has 1 aromatic carbocycles. The molecule has 0 saturated carbocycles. The van der Waals surface area contributed by atoms with Gasteiger partial charge in [-0.15, -0.1) is 0 Å². The minimum Gasteiger partial charge on any atom is -0.338 e. The molecule has 0 bridgehead atoms. The highest BCUT2D eigenvalue weighted by atomic mass is 16.1. The molecule has 3 heteroatoms. The largest absolute Gasteiger partial charge is 0.338 e. The molecule has 0 spiro atoms. The van der Waals surface area contributed by atoms with E-state index in [9.17, 15) is 9.59 Å². The second-order valence-corrected chi connectivity index (χ2v) is 7.03. The van der Waals surface area contributed by atoms with Gasteiger partial charge in [0.1, 0.15) is 5.69 Å². The number of nitrogens with zero attached hydrogens (tertiary/aromatic N) is 1. The van der Waals surface area contributed by atoms with Crippen LogP contribution in [0.3, 0.4) is 0 Å². The first kappa shape index (κ1) is 14.2. The SMILES string of the molecule is CCn1c2c(c3c1C(=O)c1ccccc1C3=O)CC(C)(C)C=C2. The van der Waals surface area contributed by atoms with Crippen molar-refractivity contribution in [1.29, 1.82) is 0 Å². The Morgan fingerprint density at radius 1 is 1.09 bits per heavy atom. The van der Waals surface area contributed by atoms with Crippen molar-refractivity contribution in [1.82, 2.24) is 4.57 Å². The molecule has 2 aliphatic rings. The van der Waals surface area contributed by atoms with Crippen molar-refractivity contribution < 1.29 is 9.59 Å². The maximum Gasteiger partial charge on any atom is 0.210 e. The predicted octanol–water partition coefficient (Wildman–Crippen LogP) is 3.88. The summed E-state index contributed by atoms with van der Waals surface area (Å²) < 4.78 is 2.01. The van der Waals surface area contributed by atoms with Gasteiger partial charge in [-0.3, -0.25) is 9.59 Å². The van der Waals surface area contributed by atoms with E-state index >= 15 is 0 Å². The molecule has 0 fully saturated rings. The average Bonchev–Trinajstić information content (AvgIpc) is 2.85. The van der Waals surface area contributed by atoms with E-state index in [1.54, 1.807) is 12.1 Å². The monoisotopic (exact) mass is 305 g/mol. The predicted molar refractivity (Wildman–Crippen MR) is 89.9 cm³/mol. The summed E-state index contributed by atoms with van der Waals surface area (Å²) in [5.74, 6) is -0.0394. The highest BCUT2D eigenvalue weighted by molar-refractivity contribution is 6.28. The number of benzene rings is 1. The molecule has 0 aliphatic heterocycles. The Bertz CT molecular complexity index is 897. The fourth-order valence-electron chi connectivity index (χ4n) is 3.83. The zero-order chi connectivity index (χ0) is 16.4. The fourth-order valence-corrected chi connectivity index (χ4v) is 3.83. The molecule has 4 rings (SSSR count). The van der Waals surface area contributed by atoms with E-state index in [1.165, 1.54) is 0 Å². The van der Waals surface area contributed by atoms with Gasteiger partial charge in [-0.1, -0.05) is 44.2 Å². The maximum atomic E-state index is 13.1. The van der Waals surface area contributed by atoms with Crippen molar-refractivity contribution >= 4 is 17.6 Å². The van der Waals surface area contributed by atoms with E-state index in [4.69, 9.17) is 0 Å². The van der Waals surface area contributed by atoms with Crippen molar-refractivity contribution in [3.63, 3.8) is 0 Å². The number of aromatic nitrogens is 1. The van der Waals surface area contributed by atoms with Crippen LogP contribution in [0, 0.1) is 5.41 Å². The van der Waals surface area contributed by atoms with E-state index in [2.05, 4.69) is 26.0 Å². The Kier molecular flexibility index (Phi) is 2.80. The molecule has 0 unspecified atom stereocenters. The van der Waals surface area contributed by atoms with Crippen LogP contribution in [0.25, 0.3) is 6.08 Å². The lowest BCUT2D eigenvalue weighted by molar-refractivity contribution is 0.0973. The molecule has 0 N–H and O–H groups in total. The normalized spacial score (nSPS) is 17.7. The lowest BCUT2D eigenvalue weighted by atomic mass is 9.78. The molecule has 2 aliphatic carbocycles. The van der Waals surface area contributed by atoms with Gasteiger partial charge in [0.15, 0.2) is 5.78 Å². The smallest absolute Gasteiger partial charge is 0.210 e. The number of hydrogen-bond donors (Lipinski definition) is 0. The van der Waals surface area contributed by atoms with E-state index in [1.807, 2.05) is 23.6 Å². The molecule has 3 nitrogen and oxygen atoms in total. The first-order valence-electron chi connectivity index (χ1n) is 8.07. The third-order valence-electron chi connectivity index (χ3n) is 4.91. The first-order chi connectivity index (χ1) is 10.9. The second-order valence-electron chi connectivity index (χ2n) is 7.03. The van der Waals surface area contributed by atoms with Crippen LogP contribution in [0.4, 0.5) is 0 Å². The highest BCUT2D eigenvalue weighted by Gasteiger charge is 2.39. The molecule has 116 valence electrons. The number of carbonyl (C=O) groups is 2. The van der Waals surface area contributed by atoms with Crippen LogP contribution in [-0.4, -0.2) is 16.1 Å². The van der Waals surface area contributed by atoms with Gasteiger partial charge in [-0.25, -0.2) is 0 Å². The molecule has 0 radical (unpaired) electrons. The van der Waals surface area contributed by atoms with Gasteiger partial charge in [0, 0.05) is 23.4 Å². The molecule has 0 atom stereocenters. The lowest BCUT2D eigenvalue weighted by Crippen LogP contribution is -2.23. The number of ketones is 2. The van der Waals surface area contributed by atoms with Crippen molar-refractivity contribution in [2.45, 2.75) is 33.7 Å². The summed E-state index contributed by atoms with van der Waals surface area (Å²) in [5, 5.41) is 0. The Balaban J connectivity index is 2.06. The van der Waals surface area contributed by atoms with E-state index in [0.717, 1.165) is 17.7 Å². The van der Waals surface area contributed by atoms with E-state index in [0.29, 0.717) is 28.9 Å². The van der Waals surface area contributed by atoms with Gasteiger partial charge >= 0.3 is 0 Å².